The molecule has 21 heavy (non-hydrogen) atoms. The smallest absolute Gasteiger partial charge is 0.312 e. The van der Waals surface area contributed by atoms with Crippen molar-refractivity contribution in [2.45, 2.75) is 12.2 Å². The number of hydrogen-bond acceptors (Lipinski definition) is 5. The average molecular weight is 297 g/mol. The van der Waals surface area contributed by atoms with Gasteiger partial charge in [-0.25, -0.2) is 4.68 Å². The van der Waals surface area contributed by atoms with Crippen LogP contribution >= 0.6 is 0 Å². The number of aromatic nitrogens is 4. The number of halogens is 3. The number of ketones is 1. The molecule has 1 saturated heterocycles. The van der Waals surface area contributed by atoms with Crippen LogP contribution in [0.2, 0.25) is 0 Å². The topological polar surface area (TPSA) is 72.7 Å². The number of nitrogens with zero attached hydrogens (tertiary/aromatic N) is 4. The van der Waals surface area contributed by atoms with Gasteiger partial charge in [0.15, 0.2) is 5.69 Å². The Morgan fingerprint density at radius 3 is 2.76 bits per heavy atom. The van der Waals surface area contributed by atoms with Crippen LogP contribution in [-0.2, 0) is 6.18 Å². The third-order valence-electron chi connectivity index (χ3n) is 3.25. The summed E-state index contributed by atoms with van der Waals surface area (Å²) in [6, 6.07) is 0.850. The fourth-order valence-electron chi connectivity index (χ4n) is 1.98. The predicted molar refractivity (Wildman–Crippen MR) is 64.6 cm³/mol. The van der Waals surface area contributed by atoms with E-state index in [9.17, 15) is 18.0 Å². The Morgan fingerprint density at radius 1 is 1.38 bits per heavy atom. The van der Waals surface area contributed by atoms with E-state index in [1.54, 1.807) is 0 Å². The van der Waals surface area contributed by atoms with E-state index < -0.39 is 23.1 Å². The quantitative estimate of drug-likeness (QED) is 0.858. The van der Waals surface area contributed by atoms with Gasteiger partial charge in [-0.05, 0) is 6.07 Å². The Labute approximate surface area is 117 Å². The summed E-state index contributed by atoms with van der Waals surface area (Å²) >= 11 is 0. The number of rotatable bonds is 3. The summed E-state index contributed by atoms with van der Waals surface area (Å²) in [5.41, 5.74) is -1.67. The highest BCUT2D eigenvalue weighted by atomic mass is 19.4. The van der Waals surface area contributed by atoms with Crippen LogP contribution in [-0.4, -0.2) is 38.9 Å². The first kappa shape index (κ1) is 13.7. The molecule has 1 fully saturated rings. The van der Waals surface area contributed by atoms with Crippen molar-refractivity contribution in [3.8, 4) is 0 Å². The molecule has 0 unspecified atom stereocenters. The van der Waals surface area contributed by atoms with Crippen LogP contribution in [0.3, 0.4) is 0 Å². The lowest BCUT2D eigenvalue weighted by Gasteiger charge is -2.26. The largest absolute Gasteiger partial charge is 0.417 e. The number of nitrogens with one attached hydrogen (secondary N) is 1. The van der Waals surface area contributed by atoms with Crippen LogP contribution in [0.5, 0.6) is 0 Å². The zero-order valence-corrected chi connectivity index (χ0v) is 10.6. The van der Waals surface area contributed by atoms with Gasteiger partial charge < -0.3 is 5.32 Å². The molecule has 1 aliphatic heterocycles. The minimum atomic E-state index is -4.62. The first-order chi connectivity index (χ1) is 9.97. The van der Waals surface area contributed by atoms with Crippen LogP contribution in [0.15, 0.2) is 24.7 Å². The van der Waals surface area contributed by atoms with Crippen LogP contribution in [0, 0.1) is 0 Å². The molecule has 1 aliphatic rings. The highest BCUT2D eigenvalue weighted by molar-refractivity contribution is 6.08. The minimum absolute atomic E-state index is 0.0787. The van der Waals surface area contributed by atoms with Gasteiger partial charge in [0.2, 0.25) is 5.78 Å². The van der Waals surface area contributed by atoms with Crippen molar-refractivity contribution in [3.63, 3.8) is 0 Å². The molecule has 2 aromatic rings. The van der Waals surface area contributed by atoms with Crippen molar-refractivity contribution in [1.82, 2.24) is 25.3 Å². The Bertz CT molecular complexity index is 678. The van der Waals surface area contributed by atoms with E-state index in [0.29, 0.717) is 13.1 Å². The molecule has 110 valence electrons. The van der Waals surface area contributed by atoms with E-state index >= 15 is 0 Å². The van der Waals surface area contributed by atoms with Crippen molar-refractivity contribution in [1.29, 1.82) is 0 Å². The van der Waals surface area contributed by atoms with Gasteiger partial charge in [-0.1, -0.05) is 5.21 Å². The number of pyridine rings is 1. The fourth-order valence-corrected chi connectivity index (χ4v) is 1.98. The highest BCUT2D eigenvalue weighted by Crippen LogP contribution is 2.32. The normalized spacial score (nSPS) is 15.8. The Hall–Kier alpha value is -2.29. The minimum Gasteiger partial charge on any atom is -0.312 e. The number of alkyl halides is 3. The molecule has 0 saturated carbocycles. The molecule has 0 atom stereocenters. The maximum Gasteiger partial charge on any atom is 0.417 e. The third-order valence-corrected chi connectivity index (χ3v) is 3.25. The second-order valence-electron chi connectivity index (χ2n) is 4.64. The summed E-state index contributed by atoms with van der Waals surface area (Å²) in [6.45, 7) is 1.38. The molecule has 3 heterocycles. The zero-order chi connectivity index (χ0) is 15.0. The van der Waals surface area contributed by atoms with Crippen molar-refractivity contribution >= 4 is 5.78 Å². The van der Waals surface area contributed by atoms with Gasteiger partial charge >= 0.3 is 6.18 Å². The summed E-state index contributed by atoms with van der Waals surface area (Å²) in [7, 11) is 0. The Kier molecular flexibility index (Phi) is 3.20. The van der Waals surface area contributed by atoms with E-state index in [1.807, 2.05) is 0 Å². The van der Waals surface area contributed by atoms with Gasteiger partial charge in [-0.2, -0.15) is 13.2 Å². The molecule has 0 spiro atoms. The van der Waals surface area contributed by atoms with Gasteiger partial charge in [-0.15, -0.1) is 5.10 Å². The Balaban J connectivity index is 1.93. The van der Waals surface area contributed by atoms with Crippen molar-refractivity contribution < 1.29 is 18.0 Å². The summed E-state index contributed by atoms with van der Waals surface area (Å²) in [6.07, 6.45) is -1.37. The SMILES string of the molecule is O=C(c1cn(C2CNC2)nn1)c1cnccc1C(F)(F)F. The van der Waals surface area contributed by atoms with Crippen LogP contribution in [0.25, 0.3) is 0 Å². The lowest BCUT2D eigenvalue weighted by molar-refractivity contribution is -0.137. The molecular weight excluding hydrogens is 287 g/mol. The van der Waals surface area contributed by atoms with Gasteiger partial charge in [0.25, 0.3) is 0 Å². The molecular formula is C12H10F3N5O. The monoisotopic (exact) mass is 297 g/mol. The maximum absolute atomic E-state index is 12.9. The molecule has 0 bridgehead atoms. The molecule has 0 aromatic carbocycles. The predicted octanol–water partition coefficient (Wildman–Crippen LogP) is 1.07. The van der Waals surface area contributed by atoms with E-state index in [-0.39, 0.29) is 11.7 Å². The summed E-state index contributed by atoms with van der Waals surface area (Å²) < 4.78 is 40.2. The lowest BCUT2D eigenvalue weighted by atomic mass is 10.0. The molecule has 0 radical (unpaired) electrons. The van der Waals surface area contributed by atoms with Crippen LogP contribution in [0.4, 0.5) is 13.2 Å². The zero-order valence-electron chi connectivity index (χ0n) is 10.6. The van der Waals surface area contributed by atoms with Gasteiger partial charge in [0.05, 0.1) is 23.4 Å². The maximum atomic E-state index is 12.9. The lowest BCUT2D eigenvalue weighted by Crippen LogP contribution is -2.43. The standard InChI is InChI=1S/C12H10F3N5O/c13-12(14,15)9-1-2-16-5-8(9)11(21)10-6-20(19-18-10)7-3-17-4-7/h1-2,5-7,17H,3-4H2. The van der Waals surface area contributed by atoms with Crippen molar-refractivity contribution in [2.75, 3.05) is 13.1 Å². The second kappa shape index (κ2) is 4.92. The second-order valence-corrected chi connectivity index (χ2v) is 4.64. The third kappa shape index (κ3) is 2.51. The van der Waals surface area contributed by atoms with E-state index in [1.165, 1.54) is 10.9 Å². The molecule has 0 aliphatic carbocycles. The first-order valence-corrected chi connectivity index (χ1v) is 6.15. The molecule has 3 rings (SSSR count). The fraction of sp³-hybridized carbons (Fsp3) is 0.333. The molecule has 1 N–H and O–H groups in total. The molecule has 0 amide bonds. The van der Waals surface area contributed by atoms with Gasteiger partial charge in [0.1, 0.15) is 0 Å². The van der Waals surface area contributed by atoms with Crippen LogP contribution < -0.4 is 5.32 Å². The highest BCUT2D eigenvalue weighted by Gasteiger charge is 2.36. The van der Waals surface area contributed by atoms with Gasteiger partial charge in [0, 0.05) is 25.5 Å². The van der Waals surface area contributed by atoms with E-state index in [2.05, 4.69) is 20.6 Å². The summed E-state index contributed by atoms with van der Waals surface area (Å²) in [5.74, 6) is -0.839. The number of carbonyl (C=O) groups is 1. The summed E-state index contributed by atoms with van der Waals surface area (Å²) in [4.78, 5) is 15.8. The molecule has 9 heteroatoms. The van der Waals surface area contributed by atoms with E-state index in [4.69, 9.17) is 0 Å². The summed E-state index contributed by atoms with van der Waals surface area (Å²) in [5, 5.41) is 10.5. The first-order valence-electron chi connectivity index (χ1n) is 6.15. The Morgan fingerprint density at radius 2 is 2.14 bits per heavy atom. The van der Waals surface area contributed by atoms with Crippen molar-refractivity contribution in [2.24, 2.45) is 0 Å². The number of hydrogen-bond donors (Lipinski definition) is 1. The number of carbonyl (C=O) groups excluding carboxylic acids is 1. The van der Waals surface area contributed by atoms with Crippen LogP contribution in [0.1, 0.15) is 27.7 Å². The van der Waals surface area contributed by atoms with Gasteiger partial charge in [-0.3, -0.25) is 9.78 Å². The molecule has 6 nitrogen and oxygen atoms in total. The van der Waals surface area contributed by atoms with E-state index in [0.717, 1.165) is 18.5 Å². The molecule has 2 aromatic heterocycles. The van der Waals surface area contributed by atoms with Crippen molar-refractivity contribution in [3.05, 3.63) is 41.5 Å². The average Bonchev–Trinajstić information content (AvgIpc) is 2.84.